The third-order valence-electron chi connectivity index (χ3n) is 1.99. The second kappa shape index (κ2) is 4.44. The summed E-state index contributed by atoms with van der Waals surface area (Å²) in [6.45, 7) is 5.88. The summed E-state index contributed by atoms with van der Waals surface area (Å²) in [7, 11) is 0. The van der Waals surface area contributed by atoms with Gasteiger partial charge in [-0.15, -0.1) is 0 Å². The molecule has 2 atom stereocenters. The first kappa shape index (κ1) is 11.0. The summed E-state index contributed by atoms with van der Waals surface area (Å²) in [6, 6.07) is 5.82. The molecule has 0 fully saturated rings. The zero-order valence-electron chi connectivity index (χ0n) is 8.95. The van der Waals surface area contributed by atoms with Gasteiger partial charge in [0.25, 0.3) is 0 Å². The molecule has 1 aromatic rings. The molecule has 0 aliphatic heterocycles. The molecule has 0 spiro atoms. The lowest BCUT2D eigenvalue weighted by Gasteiger charge is -2.18. The minimum absolute atomic E-state index is 0.171. The predicted octanol–water partition coefficient (Wildman–Crippen LogP) is 1.31. The number of rotatable bonds is 3. The summed E-state index contributed by atoms with van der Waals surface area (Å²) in [6.07, 6.45) is -0.448. The van der Waals surface area contributed by atoms with Crippen LogP contribution in [0.1, 0.15) is 18.1 Å². The SMILES string of the molecule is Cc1cc(C)cc(OC(N)C(C)N)c1. The molecular weight excluding hydrogens is 176 g/mol. The highest BCUT2D eigenvalue weighted by Gasteiger charge is 2.09. The van der Waals surface area contributed by atoms with Crippen molar-refractivity contribution >= 4 is 0 Å². The summed E-state index contributed by atoms with van der Waals surface area (Å²) >= 11 is 0. The van der Waals surface area contributed by atoms with Gasteiger partial charge < -0.3 is 10.5 Å². The van der Waals surface area contributed by atoms with Gasteiger partial charge in [-0.05, 0) is 44.0 Å². The van der Waals surface area contributed by atoms with Gasteiger partial charge in [0.05, 0.1) is 6.04 Å². The van der Waals surface area contributed by atoms with E-state index < -0.39 is 6.23 Å². The quantitative estimate of drug-likeness (QED) is 0.713. The Bertz CT molecular complexity index is 290. The van der Waals surface area contributed by atoms with Crippen molar-refractivity contribution in [1.82, 2.24) is 0 Å². The molecule has 1 aromatic carbocycles. The first-order chi connectivity index (χ1) is 6.49. The standard InChI is InChI=1S/C11H18N2O/c1-7-4-8(2)6-10(5-7)14-11(13)9(3)12/h4-6,9,11H,12-13H2,1-3H3. The second-order valence-corrected chi connectivity index (χ2v) is 3.76. The monoisotopic (exact) mass is 194 g/mol. The Hall–Kier alpha value is -1.06. The van der Waals surface area contributed by atoms with Gasteiger partial charge in [0.2, 0.25) is 0 Å². The Kier molecular flexibility index (Phi) is 3.49. The van der Waals surface area contributed by atoms with E-state index in [1.807, 2.05) is 32.9 Å². The van der Waals surface area contributed by atoms with Crippen LogP contribution < -0.4 is 16.2 Å². The lowest BCUT2D eigenvalue weighted by atomic mass is 10.1. The summed E-state index contributed by atoms with van der Waals surface area (Å²) in [5.74, 6) is 0.785. The van der Waals surface area contributed by atoms with Crippen molar-refractivity contribution in [3.63, 3.8) is 0 Å². The van der Waals surface area contributed by atoms with Crippen LogP contribution >= 0.6 is 0 Å². The molecule has 4 N–H and O–H groups in total. The molecule has 78 valence electrons. The molecule has 14 heavy (non-hydrogen) atoms. The summed E-state index contributed by atoms with van der Waals surface area (Å²) < 4.78 is 5.49. The third kappa shape index (κ3) is 3.01. The molecular formula is C11H18N2O. The molecule has 2 unspecified atom stereocenters. The highest BCUT2D eigenvalue weighted by atomic mass is 16.5. The second-order valence-electron chi connectivity index (χ2n) is 3.76. The Morgan fingerprint density at radius 3 is 2.00 bits per heavy atom. The Balaban J connectivity index is 2.76. The Morgan fingerprint density at radius 1 is 1.07 bits per heavy atom. The van der Waals surface area contributed by atoms with Gasteiger partial charge >= 0.3 is 0 Å². The number of hydrogen-bond acceptors (Lipinski definition) is 3. The van der Waals surface area contributed by atoms with E-state index in [0.717, 1.165) is 16.9 Å². The lowest BCUT2D eigenvalue weighted by Crippen LogP contribution is -2.43. The normalized spacial score (nSPS) is 14.9. The van der Waals surface area contributed by atoms with Crippen LogP contribution in [-0.4, -0.2) is 12.3 Å². The van der Waals surface area contributed by atoms with Gasteiger partial charge in [0, 0.05) is 0 Å². The van der Waals surface area contributed by atoms with Gasteiger partial charge in [-0.25, -0.2) is 0 Å². The zero-order valence-corrected chi connectivity index (χ0v) is 8.95. The molecule has 0 saturated heterocycles. The first-order valence-electron chi connectivity index (χ1n) is 4.75. The van der Waals surface area contributed by atoms with Crippen LogP contribution in [0, 0.1) is 13.8 Å². The maximum Gasteiger partial charge on any atom is 0.162 e. The molecule has 0 aliphatic carbocycles. The van der Waals surface area contributed by atoms with E-state index in [1.54, 1.807) is 0 Å². The van der Waals surface area contributed by atoms with Crippen LogP contribution in [0.2, 0.25) is 0 Å². The van der Waals surface area contributed by atoms with Crippen LogP contribution in [-0.2, 0) is 0 Å². The Morgan fingerprint density at radius 2 is 1.57 bits per heavy atom. The fraction of sp³-hybridized carbons (Fsp3) is 0.455. The van der Waals surface area contributed by atoms with E-state index in [-0.39, 0.29) is 6.04 Å². The van der Waals surface area contributed by atoms with Crippen molar-refractivity contribution in [3.8, 4) is 5.75 Å². The zero-order chi connectivity index (χ0) is 10.7. The molecule has 1 rings (SSSR count). The first-order valence-corrected chi connectivity index (χ1v) is 4.75. The van der Waals surface area contributed by atoms with Crippen molar-refractivity contribution in [2.45, 2.75) is 33.0 Å². The molecule has 0 aromatic heterocycles. The average molecular weight is 194 g/mol. The van der Waals surface area contributed by atoms with Gasteiger partial charge in [0.1, 0.15) is 5.75 Å². The van der Waals surface area contributed by atoms with Gasteiger partial charge in [-0.1, -0.05) is 6.07 Å². The van der Waals surface area contributed by atoms with E-state index in [9.17, 15) is 0 Å². The molecule has 0 saturated carbocycles. The highest BCUT2D eigenvalue weighted by Crippen LogP contribution is 2.17. The molecule has 0 bridgehead atoms. The maximum atomic E-state index is 5.70. The van der Waals surface area contributed by atoms with Crippen LogP contribution in [0.25, 0.3) is 0 Å². The molecule has 3 nitrogen and oxygen atoms in total. The van der Waals surface area contributed by atoms with E-state index in [1.165, 1.54) is 0 Å². The number of ether oxygens (including phenoxy) is 1. The number of aryl methyl sites for hydroxylation is 2. The van der Waals surface area contributed by atoms with Crippen molar-refractivity contribution in [2.75, 3.05) is 0 Å². The van der Waals surface area contributed by atoms with Crippen LogP contribution in [0.5, 0.6) is 5.75 Å². The third-order valence-corrected chi connectivity index (χ3v) is 1.99. The number of hydrogen-bond donors (Lipinski definition) is 2. The van der Waals surface area contributed by atoms with Gasteiger partial charge in [-0.3, -0.25) is 5.73 Å². The van der Waals surface area contributed by atoms with Crippen molar-refractivity contribution in [1.29, 1.82) is 0 Å². The molecule has 0 amide bonds. The lowest BCUT2D eigenvalue weighted by molar-refractivity contribution is 0.184. The number of benzene rings is 1. The van der Waals surface area contributed by atoms with E-state index in [0.29, 0.717) is 0 Å². The van der Waals surface area contributed by atoms with Crippen LogP contribution in [0.15, 0.2) is 18.2 Å². The average Bonchev–Trinajstić information content (AvgIpc) is 2.01. The topological polar surface area (TPSA) is 61.3 Å². The predicted molar refractivity (Wildman–Crippen MR) is 58.2 cm³/mol. The summed E-state index contributed by atoms with van der Waals surface area (Å²) in [5.41, 5.74) is 13.6. The fourth-order valence-corrected chi connectivity index (χ4v) is 1.27. The van der Waals surface area contributed by atoms with Crippen LogP contribution in [0.4, 0.5) is 0 Å². The largest absolute Gasteiger partial charge is 0.474 e. The molecule has 0 radical (unpaired) electrons. The summed E-state index contributed by atoms with van der Waals surface area (Å²) in [4.78, 5) is 0. The highest BCUT2D eigenvalue weighted by molar-refractivity contribution is 5.33. The molecule has 0 heterocycles. The summed E-state index contributed by atoms with van der Waals surface area (Å²) in [5, 5.41) is 0. The van der Waals surface area contributed by atoms with E-state index in [4.69, 9.17) is 16.2 Å². The van der Waals surface area contributed by atoms with Crippen molar-refractivity contribution in [3.05, 3.63) is 29.3 Å². The smallest absolute Gasteiger partial charge is 0.162 e. The van der Waals surface area contributed by atoms with Crippen LogP contribution in [0.3, 0.4) is 0 Å². The minimum atomic E-state index is -0.448. The fourth-order valence-electron chi connectivity index (χ4n) is 1.27. The minimum Gasteiger partial charge on any atom is -0.474 e. The van der Waals surface area contributed by atoms with E-state index in [2.05, 4.69) is 6.07 Å². The Labute approximate surface area is 85.0 Å². The molecule has 3 heteroatoms. The van der Waals surface area contributed by atoms with Crippen molar-refractivity contribution < 1.29 is 4.74 Å². The van der Waals surface area contributed by atoms with Gasteiger partial charge in [0.15, 0.2) is 6.23 Å². The van der Waals surface area contributed by atoms with Gasteiger partial charge in [-0.2, -0.15) is 0 Å². The van der Waals surface area contributed by atoms with Crippen molar-refractivity contribution in [2.24, 2.45) is 11.5 Å². The molecule has 0 aliphatic rings. The number of nitrogens with two attached hydrogens (primary N) is 2. The van der Waals surface area contributed by atoms with E-state index >= 15 is 0 Å². The maximum absolute atomic E-state index is 5.70.